The quantitative estimate of drug-likeness (QED) is 0.0970. The van der Waals surface area contributed by atoms with Crippen molar-refractivity contribution in [1.29, 1.82) is 0 Å². The number of morpholine rings is 1. The van der Waals surface area contributed by atoms with Crippen molar-refractivity contribution in [3.05, 3.63) is 114 Å². The van der Waals surface area contributed by atoms with Crippen molar-refractivity contribution in [2.75, 3.05) is 25.2 Å². The first-order valence-electron chi connectivity index (χ1n) is 17.8. The maximum atomic E-state index is 14.4. The van der Waals surface area contributed by atoms with Gasteiger partial charge in [0.15, 0.2) is 4.93 Å². The Morgan fingerprint density at radius 2 is 1.42 bits per heavy atom. The Balaban J connectivity index is 1.37. The van der Waals surface area contributed by atoms with Crippen LogP contribution in [-0.4, -0.2) is 53.2 Å². The van der Waals surface area contributed by atoms with E-state index in [0.29, 0.717) is 19.0 Å². The Kier molecular flexibility index (Phi) is 11.2. The summed E-state index contributed by atoms with van der Waals surface area (Å²) in [6, 6.07) is 33.6. The minimum Gasteiger partial charge on any atom is -0.493 e. The molecule has 2 fully saturated rings. The normalized spacial score (nSPS) is 23.5. The summed E-state index contributed by atoms with van der Waals surface area (Å²) in [7, 11) is 1.82. The Morgan fingerprint density at radius 3 is 2.08 bits per heavy atom. The fourth-order valence-corrected chi connectivity index (χ4v) is 8.16. The zero-order valence-corrected chi connectivity index (χ0v) is 30.5. The summed E-state index contributed by atoms with van der Waals surface area (Å²) in [6.45, 7) is 9.25. The van der Waals surface area contributed by atoms with Gasteiger partial charge in [-0.25, -0.2) is 0 Å². The highest BCUT2D eigenvalue weighted by atomic mass is 32.2. The molecule has 50 heavy (non-hydrogen) atoms. The molecule has 4 aromatic carbocycles. The van der Waals surface area contributed by atoms with Crippen molar-refractivity contribution >= 4 is 29.3 Å². The van der Waals surface area contributed by atoms with Crippen molar-refractivity contribution in [3.8, 4) is 22.6 Å². The van der Waals surface area contributed by atoms with Crippen molar-refractivity contribution < 1.29 is 23.8 Å². The maximum absolute atomic E-state index is 14.4. The van der Waals surface area contributed by atoms with Crippen LogP contribution in [-0.2, 0) is 14.3 Å². The molecule has 6 rings (SSSR count). The first-order chi connectivity index (χ1) is 24.3. The first-order valence-corrected chi connectivity index (χ1v) is 18.7. The number of nitrogens with zero attached hydrogens (tertiary/aromatic N) is 2. The molecule has 4 aromatic rings. The van der Waals surface area contributed by atoms with Crippen LogP contribution in [0.2, 0.25) is 0 Å². The molecule has 0 unspecified atom stereocenters. The van der Waals surface area contributed by atoms with Crippen molar-refractivity contribution in [1.82, 2.24) is 4.90 Å². The number of β-lactam (4-membered cyclic amide) rings is 1. The molecule has 7 nitrogen and oxygen atoms in total. The highest BCUT2D eigenvalue weighted by Crippen LogP contribution is 2.54. The Morgan fingerprint density at radius 1 is 0.800 bits per heavy atom. The molecule has 0 saturated carbocycles. The van der Waals surface area contributed by atoms with Crippen LogP contribution >= 0.6 is 11.8 Å². The summed E-state index contributed by atoms with van der Waals surface area (Å²) >= 11 is 1.30. The molecule has 0 radical (unpaired) electrons. The number of ether oxygens (including phenoxy) is 3. The van der Waals surface area contributed by atoms with E-state index in [2.05, 4.69) is 38.1 Å². The van der Waals surface area contributed by atoms with E-state index in [-0.39, 0.29) is 24.0 Å². The van der Waals surface area contributed by atoms with Gasteiger partial charge in [0.1, 0.15) is 22.9 Å². The third-order valence-corrected chi connectivity index (χ3v) is 11.1. The molecule has 8 heteroatoms. The van der Waals surface area contributed by atoms with Crippen molar-refractivity contribution in [2.45, 2.75) is 81.7 Å². The lowest BCUT2D eigenvalue weighted by Gasteiger charge is -2.52. The Bertz CT molecular complexity index is 1750. The van der Waals surface area contributed by atoms with Gasteiger partial charge in [0.25, 0.3) is 5.91 Å². The predicted molar refractivity (Wildman–Crippen MR) is 202 cm³/mol. The topological polar surface area (TPSA) is 68.3 Å². The number of carbonyl (C=O) groups is 2. The Hall–Kier alpha value is -4.27. The number of likely N-dealkylation sites (N-methyl/N-ethyl adjacent to an activating group) is 1. The number of hydrogen-bond acceptors (Lipinski definition) is 6. The average Bonchev–Trinajstić information content (AvgIpc) is 3.15. The second kappa shape index (κ2) is 15.7. The minimum absolute atomic E-state index is 0.0783. The molecule has 0 spiro atoms. The van der Waals surface area contributed by atoms with Crippen molar-refractivity contribution in [3.63, 3.8) is 0 Å². The number of thioether (sulfide) groups is 1. The molecular weight excluding hydrogens is 645 g/mol. The lowest BCUT2D eigenvalue weighted by Crippen LogP contribution is -2.62. The van der Waals surface area contributed by atoms with Gasteiger partial charge in [0.05, 0.1) is 25.3 Å². The standard InChI is InChI=1S/C42H48N2O5S/c1-6-8-26-47-34-24-25-35(36(28-34)48-27-9-7-2)37-39(40(45)44(37)33-22-20-31(21-23-33)30-16-12-10-13-17-30)50-42(4)41(46)43(5)29(3)38(49-42)32-18-14-11-15-19-32/h10-25,28-29,37-39H,6-9,26-27H2,1-5H3/t29-,37+,38-,39-,42+/m0/s1. The van der Waals surface area contributed by atoms with E-state index < -0.39 is 16.2 Å². The van der Waals surface area contributed by atoms with E-state index in [1.807, 2.05) is 105 Å². The lowest BCUT2D eigenvalue weighted by atomic mass is 9.91. The number of amides is 2. The molecule has 0 aliphatic carbocycles. The number of carbonyl (C=O) groups excluding carboxylic acids is 2. The Labute approximate surface area is 300 Å². The van der Waals surface area contributed by atoms with Gasteiger partial charge in [0, 0.05) is 24.4 Å². The second-order valence-electron chi connectivity index (χ2n) is 13.3. The monoisotopic (exact) mass is 692 g/mol. The van der Waals surface area contributed by atoms with Crippen LogP contribution in [0.1, 0.15) is 76.7 Å². The highest BCUT2D eigenvalue weighted by Gasteiger charge is 2.57. The summed E-state index contributed by atoms with van der Waals surface area (Å²) in [6.07, 6.45) is 3.55. The maximum Gasteiger partial charge on any atom is 0.265 e. The van der Waals surface area contributed by atoms with E-state index in [1.165, 1.54) is 11.8 Å². The van der Waals surface area contributed by atoms with E-state index in [9.17, 15) is 9.59 Å². The summed E-state index contributed by atoms with van der Waals surface area (Å²) in [5.41, 5.74) is 4.83. The summed E-state index contributed by atoms with van der Waals surface area (Å²) in [4.78, 5) is 30.7. The molecule has 0 aromatic heterocycles. The van der Waals surface area contributed by atoms with E-state index in [1.54, 1.807) is 4.90 Å². The number of hydrogen-bond donors (Lipinski definition) is 0. The van der Waals surface area contributed by atoms with Crippen LogP contribution in [0.15, 0.2) is 103 Å². The lowest BCUT2D eigenvalue weighted by molar-refractivity contribution is -0.173. The fraction of sp³-hybridized carbons (Fsp3) is 0.381. The molecule has 2 saturated heterocycles. The van der Waals surface area contributed by atoms with Crippen LogP contribution in [0.25, 0.3) is 11.1 Å². The van der Waals surface area contributed by atoms with E-state index in [0.717, 1.165) is 59.4 Å². The van der Waals surface area contributed by atoms with Crippen molar-refractivity contribution in [2.24, 2.45) is 0 Å². The summed E-state index contributed by atoms with van der Waals surface area (Å²) < 4.78 is 19.3. The second-order valence-corrected chi connectivity index (χ2v) is 14.8. The van der Waals surface area contributed by atoms with Gasteiger partial charge in [-0.2, -0.15) is 0 Å². The SMILES string of the molecule is CCCCOc1ccc([C@@H]2[C@H](S[C@@]3(C)O[C@H](c4ccccc4)[C@H](C)N(C)C3=O)C(=O)N2c2ccc(-c3ccccc3)cc2)c(OCCCC)c1. The molecule has 5 atom stereocenters. The molecule has 0 bridgehead atoms. The van der Waals surface area contributed by atoms with Crippen LogP contribution in [0.3, 0.4) is 0 Å². The van der Waals surface area contributed by atoms with Crippen LogP contribution in [0.4, 0.5) is 5.69 Å². The van der Waals surface area contributed by atoms with Gasteiger partial charge in [-0.05, 0) is 67.6 Å². The highest BCUT2D eigenvalue weighted by molar-refractivity contribution is 8.02. The zero-order valence-electron chi connectivity index (χ0n) is 29.7. The first kappa shape index (κ1) is 35.6. The molecule has 2 aliphatic rings. The third kappa shape index (κ3) is 7.28. The van der Waals surface area contributed by atoms with Crippen LogP contribution < -0.4 is 14.4 Å². The molecule has 2 aliphatic heterocycles. The molecule has 262 valence electrons. The van der Waals surface area contributed by atoms with Gasteiger partial charge < -0.3 is 24.0 Å². The number of unbranched alkanes of at least 4 members (excludes halogenated alkanes) is 2. The van der Waals surface area contributed by atoms with E-state index in [4.69, 9.17) is 14.2 Å². The molecule has 2 heterocycles. The largest absolute Gasteiger partial charge is 0.493 e. The molecule has 2 amide bonds. The summed E-state index contributed by atoms with van der Waals surface area (Å²) in [5, 5.41) is -0.601. The number of rotatable bonds is 14. The average molecular weight is 693 g/mol. The van der Waals surface area contributed by atoms with Gasteiger partial charge in [-0.1, -0.05) is 99.5 Å². The van der Waals surface area contributed by atoms with Gasteiger partial charge in [-0.15, -0.1) is 11.8 Å². The zero-order chi connectivity index (χ0) is 35.3. The van der Waals surface area contributed by atoms with Crippen LogP contribution in [0, 0.1) is 0 Å². The van der Waals surface area contributed by atoms with Gasteiger partial charge >= 0.3 is 0 Å². The minimum atomic E-state index is -1.30. The van der Waals surface area contributed by atoms with E-state index >= 15 is 0 Å². The smallest absolute Gasteiger partial charge is 0.265 e. The third-order valence-electron chi connectivity index (χ3n) is 9.71. The van der Waals surface area contributed by atoms with Gasteiger partial charge in [0.2, 0.25) is 5.91 Å². The summed E-state index contributed by atoms with van der Waals surface area (Å²) in [5.74, 6) is 1.20. The molecule has 0 N–H and O–H groups in total. The number of benzene rings is 4. The molecular formula is C42H48N2O5S. The van der Waals surface area contributed by atoms with Gasteiger partial charge in [-0.3, -0.25) is 9.59 Å². The fourth-order valence-electron chi connectivity index (χ4n) is 6.66. The number of anilines is 1. The predicted octanol–water partition coefficient (Wildman–Crippen LogP) is 9.24. The van der Waals surface area contributed by atoms with Crippen LogP contribution in [0.5, 0.6) is 11.5 Å².